The molecule has 1 fully saturated rings. The minimum absolute atomic E-state index is 0. The fraction of sp³-hybridized carbons (Fsp3) is 0.320. The number of hydrogen-bond acceptors (Lipinski definition) is 5. The van der Waals surface area contributed by atoms with Crippen LogP contribution in [0.5, 0.6) is 0 Å². The van der Waals surface area contributed by atoms with E-state index in [1.165, 1.54) is 0 Å². The summed E-state index contributed by atoms with van der Waals surface area (Å²) in [6.45, 7) is 4.81. The molecule has 2 N–H and O–H groups in total. The van der Waals surface area contributed by atoms with Gasteiger partial charge in [-0.15, -0.1) is 12.4 Å². The molecule has 1 aliphatic heterocycles. The number of aromatic nitrogens is 2. The summed E-state index contributed by atoms with van der Waals surface area (Å²) in [7, 11) is 0. The normalized spacial score (nSPS) is 13.9. The number of amides is 1. The van der Waals surface area contributed by atoms with Gasteiger partial charge in [0, 0.05) is 47.2 Å². The molecule has 3 aromatic rings. The lowest BCUT2D eigenvalue weighted by atomic mass is 10.0. The van der Waals surface area contributed by atoms with Crippen molar-refractivity contribution in [2.45, 2.75) is 32.2 Å². The van der Waals surface area contributed by atoms with Crippen molar-refractivity contribution in [3.05, 3.63) is 71.4 Å². The molecule has 2 aromatic carbocycles. The first-order chi connectivity index (χ1) is 15.6. The Morgan fingerprint density at radius 1 is 1.06 bits per heavy atom. The van der Waals surface area contributed by atoms with Crippen molar-refractivity contribution in [1.29, 1.82) is 0 Å². The van der Waals surface area contributed by atoms with Crippen LogP contribution in [0, 0.1) is 0 Å². The molecule has 0 saturated carbocycles. The quantitative estimate of drug-likeness (QED) is 0.457. The summed E-state index contributed by atoms with van der Waals surface area (Å²) in [5.74, 6) is 0.588. The Bertz CT molecular complexity index is 1040. The zero-order valence-electron chi connectivity index (χ0n) is 18.6. The van der Waals surface area contributed by atoms with Crippen LogP contribution in [-0.4, -0.2) is 46.5 Å². The number of carbonyl (C=O) groups excluding carboxylic acids is 1. The summed E-state index contributed by atoms with van der Waals surface area (Å²) in [6.07, 6.45) is 4.87. The Balaban J connectivity index is 0.00000306. The second kappa shape index (κ2) is 12.0. The molecular weight excluding hydrogens is 457 g/mol. The highest BCUT2D eigenvalue weighted by Gasteiger charge is 2.23. The van der Waals surface area contributed by atoms with E-state index < -0.39 is 0 Å². The molecule has 1 aliphatic rings. The van der Waals surface area contributed by atoms with Crippen molar-refractivity contribution in [1.82, 2.24) is 20.2 Å². The van der Waals surface area contributed by atoms with Gasteiger partial charge in [-0.1, -0.05) is 30.7 Å². The summed E-state index contributed by atoms with van der Waals surface area (Å²) in [5, 5.41) is 7.46. The van der Waals surface area contributed by atoms with Gasteiger partial charge in [0.1, 0.15) is 0 Å². The molecule has 0 aliphatic carbocycles. The van der Waals surface area contributed by atoms with E-state index in [1.54, 1.807) is 6.20 Å². The van der Waals surface area contributed by atoms with E-state index in [4.69, 9.17) is 11.6 Å². The summed E-state index contributed by atoms with van der Waals surface area (Å²) < 4.78 is 0. The largest absolute Gasteiger partial charge is 0.339 e. The smallest absolute Gasteiger partial charge is 0.253 e. The number of likely N-dealkylation sites (tertiary alicyclic amines) is 1. The topological polar surface area (TPSA) is 70.2 Å². The summed E-state index contributed by atoms with van der Waals surface area (Å²) >= 11 is 5.97. The van der Waals surface area contributed by atoms with Crippen molar-refractivity contribution in [3.8, 4) is 11.3 Å². The number of halogens is 2. The van der Waals surface area contributed by atoms with E-state index >= 15 is 0 Å². The van der Waals surface area contributed by atoms with Crippen LogP contribution in [0.3, 0.4) is 0 Å². The van der Waals surface area contributed by atoms with E-state index in [2.05, 4.69) is 27.5 Å². The Kier molecular flexibility index (Phi) is 9.06. The molecule has 0 atom stereocenters. The van der Waals surface area contributed by atoms with Crippen LogP contribution >= 0.6 is 24.0 Å². The molecule has 0 radical (unpaired) electrons. The van der Waals surface area contributed by atoms with Gasteiger partial charge in [-0.25, -0.2) is 9.97 Å². The molecule has 0 unspecified atom stereocenters. The Hall–Kier alpha value is -2.67. The molecule has 8 heteroatoms. The predicted octanol–water partition coefficient (Wildman–Crippen LogP) is 5.57. The highest BCUT2D eigenvalue weighted by Crippen LogP contribution is 2.22. The van der Waals surface area contributed by atoms with Crippen LogP contribution < -0.4 is 10.6 Å². The van der Waals surface area contributed by atoms with Gasteiger partial charge in [0.15, 0.2) is 0 Å². The molecule has 6 nitrogen and oxygen atoms in total. The minimum atomic E-state index is 0. The van der Waals surface area contributed by atoms with Gasteiger partial charge in [0.25, 0.3) is 5.91 Å². The molecule has 1 amide bonds. The molecule has 0 bridgehead atoms. The fourth-order valence-electron chi connectivity index (χ4n) is 3.84. The van der Waals surface area contributed by atoms with Crippen LogP contribution in [0.1, 0.15) is 36.5 Å². The van der Waals surface area contributed by atoms with Crippen LogP contribution in [0.2, 0.25) is 5.02 Å². The van der Waals surface area contributed by atoms with Gasteiger partial charge in [-0.3, -0.25) is 4.79 Å². The maximum Gasteiger partial charge on any atom is 0.253 e. The number of carbonyl (C=O) groups is 1. The van der Waals surface area contributed by atoms with Gasteiger partial charge in [0.2, 0.25) is 5.95 Å². The average Bonchev–Trinajstić information content (AvgIpc) is 2.84. The van der Waals surface area contributed by atoms with Crippen molar-refractivity contribution in [2.75, 3.05) is 25.0 Å². The monoisotopic (exact) mass is 485 g/mol. The second-order valence-electron chi connectivity index (χ2n) is 8.00. The number of nitrogens with zero attached hydrogens (tertiary/aromatic N) is 3. The lowest BCUT2D eigenvalue weighted by Gasteiger charge is -2.32. The number of piperidine rings is 1. The molecule has 0 spiro atoms. The van der Waals surface area contributed by atoms with E-state index in [-0.39, 0.29) is 18.3 Å². The van der Waals surface area contributed by atoms with Crippen LogP contribution in [0.15, 0.2) is 60.8 Å². The predicted molar refractivity (Wildman–Crippen MR) is 137 cm³/mol. The average molecular weight is 486 g/mol. The van der Waals surface area contributed by atoms with E-state index in [0.29, 0.717) is 22.6 Å². The van der Waals surface area contributed by atoms with E-state index in [0.717, 1.165) is 55.8 Å². The standard InChI is InChI=1S/C25H28ClN5O.ClH/c1-2-14-27-21-12-16-31(17-13-21)24(32)19-5-9-22(10-6-19)29-25-28-15-11-23(30-25)18-3-7-20(26)8-4-18;/h3-11,15,21,27H,2,12-14,16-17H2,1H3,(H,28,29,30);1H. The van der Waals surface area contributed by atoms with E-state index in [9.17, 15) is 4.79 Å². The second-order valence-corrected chi connectivity index (χ2v) is 8.43. The number of rotatable bonds is 7. The van der Waals surface area contributed by atoms with Gasteiger partial charge in [0.05, 0.1) is 5.69 Å². The highest BCUT2D eigenvalue weighted by atomic mass is 35.5. The molecular formula is C25H29Cl2N5O. The zero-order valence-corrected chi connectivity index (χ0v) is 20.2. The highest BCUT2D eigenvalue weighted by molar-refractivity contribution is 6.30. The maximum absolute atomic E-state index is 12.9. The third-order valence-electron chi connectivity index (χ3n) is 5.65. The van der Waals surface area contributed by atoms with Crippen molar-refractivity contribution in [2.24, 2.45) is 0 Å². The van der Waals surface area contributed by atoms with Gasteiger partial charge in [-0.05, 0) is 68.3 Å². The van der Waals surface area contributed by atoms with Crippen molar-refractivity contribution < 1.29 is 4.79 Å². The Labute approximate surface area is 206 Å². The number of anilines is 2. The summed E-state index contributed by atoms with van der Waals surface area (Å²) in [6, 6.07) is 17.4. The molecule has 33 heavy (non-hydrogen) atoms. The molecule has 1 saturated heterocycles. The third-order valence-corrected chi connectivity index (χ3v) is 5.90. The third kappa shape index (κ3) is 6.67. The first kappa shape index (κ1) is 25.0. The maximum atomic E-state index is 12.9. The van der Waals surface area contributed by atoms with Gasteiger partial charge < -0.3 is 15.5 Å². The number of nitrogens with one attached hydrogen (secondary N) is 2. The number of benzene rings is 2. The Morgan fingerprint density at radius 3 is 2.42 bits per heavy atom. The molecule has 174 valence electrons. The van der Waals surface area contributed by atoms with Gasteiger partial charge in [-0.2, -0.15) is 0 Å². The van der Waals surface area contributed by atoms with Crippen molar-refractivity contribution in [3.63, 3.8) is 0 Å². The van der Waals surface area contributed by atoms with Crippen LogP contribution in [0.25, 0.3) is 11.3 Å². The molecule has 4 rings (SSSR count). The summed E-state index contributed by atoms with van der Waals surface area (Å²) in [4.78, 5) is 23.7. The van der Waals surface area contributed by atoms with E-state index in [1.807, 2.05) is 59.5 Å². The summed E-state index contributed by atoms with van der Waals surface area (Å²) in [5.41, 5.74) is 3.31. The number of hydrogen-bond donors (Lipinski definition) is 2. The first-order valence-corrected chi connectivity index (χ1v) is 11.5. The lowest BCUT2D eigenvalue weighted by Crippen LogP contribution is -2.45. The Morgan fingerprint density at radius 2 is 1.76 bits per heavy atom. The molecule has 2 heterocycles. The zero-order chi connectivity index (χ0) is 22.3. The van der Waals surface area contributed by atoms with Crippen molar-refractivity contribution >= 4 is 41.6 Å². The van der Waals surface area contributed by atoms with Gasteiger partial charge >= 0.3 is 0 Å². The van der Waals surface area contributed by atoms with Crippen LogP contribution in [0.4, 0.5) is 11.6 Å². The lowest BCUT2D eigenvalue weighted by molar-refractivity contribution is 0.0705. The SMILES string of the molecule is CCCNC1CCN(C(=O)c2ccc(Nc3nccc(-c4ccc(Cl)cc4)n3)cc2)CC1.Cl. The first-order valence-electron chi connectivity index (χ1n) is 11.1. The fourth-order valence-corrected chi connectivity index (χ4v) is 3.97. The molecule has 1 aromatic heterocycles. The minimum Gasteiger partial charge on any atom is -0.339 e. The van der Waals surface area contributed by atoms with Crippen LogP contribution in [-0.2, 0) is 0 Å².